The number of anilines is 1. The molecule has 1 aliphatic heterocycles. The van der Waals surface area contributed by atoms with Gasteiger partial charge in [0.25, 0.3) is 5.91 Å². The predicted molar refractivity (Wildman–Crippen MR) is 81.3 cm³/mol. The van der Waals surface area contributed by atoms with Crippen molar-refractivity contribution in [1.29, 1.82) is 0 Å². The molecule has 1 fully saturated rings. The molecule has 1 saturated heterocycles. The van der Waals surface area contributed by atoms with Gasteiger partial charge >= 0.3 is 0 Å². The number of hydrogen-bond acceptors (Lipinski definition) is 3. The molecule has 0 aliphatic carbocycles. The number of amides is 1. The number of benzene rings is 1. The minimum Gasteiger partial charge on any atom is -0.385 e. The molecule has 0 saturated carbocycles. The highest BCUT2D eigenvalue weighted by Crippen LogP contribution is 2.24. The molecule has 4 nitrogen and oxygen atoms in total. The van der Waals surface area contributed by atoms with E-state index in [4.69, 9.17) is 4.74 Å². The molecule has 1 amide bonds. The van der Waals surface area contributed by atoms with Crippen molar-refractivity contribution in [3.63, 3.8) is 0 Å². The second kappa shape index (κ2) is 6.27. The van der Waals surface area contributed by atoms with Gasteiger partial charge in [-0.3, -0.25) is 4.79 Å². The Labute approximate surface area is 120 Å². The summed E-state index contributed by atoms with van der Waals surface area (Å²) in [6.45, 7) is 8.22. The number of carbonyl (C=O) groups excluding carboxylic acids is 1. The van der Waals surface area contributed by atoms with Crippen molar-refractivity contribution in [2.24, 2.45) is 0 Å². The van der Waals surface area contributed by atoms with Gasteiger partial charge in [-0.15, -0.1) is 0 Å². The van der Waals surface area contributed by atoms with Crippen molar-refractivity contribution in [3.05, 3.63) is 29.3 Å². The third-order valence-electron chi connectivity index (χ3n) is 3.71. The van der Waals surface area contributed by atoms with E-state index in [0.29, 0.717) is 12.1 Å². The van der Waals surface area contributed by atoms with Crippen LogP contribution in [-0.2, 0) is 4.74 Å². The molecule has 2 rings (SSSR count). The van der Waals surface area contributed by atoms with E-state index in [1.807, 2.05) is 32.0 Å². The normalized spacial score (nSPS) is 21.8. The maximum atomic E-state index is 12.4. The van der Waals surface area contributed by atoms with E-state index in [9.17, 15) is 4.79 Å². The van der Waals surface area contributed by atoms with Crippen LogP contribution in [0.2, 0.25) is 0 Å². The van der Waals surface area contributed by atoms with Crippen molar-refractivity contribution >= 4 is 11.6 Å². The highest BCUT2D eigenvalue weighted by atomic mass is 16.5. The highest BCUT2D eigenvalue weighted by molar-refractivity contribution is 5.99. The lowest BCUT2D eigenvalue weighted by molar-refractivity contribution is 0.0206. The van der Waals surface area contributed by atoms with Gasteiger partial charge in [-0.1, -0.05) is 11.6 Å². The van der Waals surface area contributed by atoms with E-state index in [0.717, 1.165) is 37.2 Å². The van der Waals surface area contributed by atoms with Gasteiger partial charge in [0.05, 0.1) is 11.2 Å². The summed E-state index contributed by atoms with van der Waals surface area (Å²) in [6.07, 6.45) is 2.07. The molecule has 1 heterocycles. The summed E-state index contributed by atoms with van der Waals surface area (Å²) in [5, 5.41) is 6.23. The molecule has 1 unspecified atom stereocenters. The average Bonchev–Trinajstić information content (AvgIpc) is 2.86. The van der Waals surface area contributed by atoms with Gasteiger partial charge in [-0.25, -0.2) is 0 Å². The van der Waals surface area contributed by atoms with Crippen LogP contribution in [0, 0.1) is 6.92 Å². The number of aryl methyl sites for hydroxylation is 1. The van der Waals surface area contributed by atoms with Gasteiger partial charge in [-0.05, 0) is 45.7 Å². The topological polar surface area (TPSA) is 50.4 Å². The number of ether oxygens (including phenoxy) is 1. The number of carbonyl (C=O) groups is 1. The summed E-state index contributed by atoms with van der Waals surface area (Å²) in [5.41, 5.74) is 2.46. The van der Waals surface area contributed by atoms with E-state index in [1.165, 1.54) is 0 Å². The van der Waals surface area contributed by atoms with Crippen LogP contribution in [0.5, 0.6) is 0 Å². The Morgan fingerprint density at radius 3 is 2.90 bits per heavy atom. The van der Waals surface area contributed by atoms with Crippen LogP contribution < -0.4 is 10.6 Å². The van der Waals surface area contributed by atoms with Crippen LogP contribution in [0.3, 0.4) is 0 Å². The first-order valence-electron chi connectivity index (χ1n) is 7.31. The van der Waals surface area contributed by atoms with Gasteiger partial charge in [0.1, 0.15) is 0 Å². The van der Waals surface area contributed by atoms with E-state index < -0.39 is 0 Å². The minimum absolute atomic E-state index is 0.0404. The molecule has 1 aliphatic rings. The molecule has 1 atom stereocenters. The van der Waals surface area contributed by atoms with Crippen molar-refractivity contribution in [2.45, 2.75) is 39.2 Å². The Balaban J connectivity index is 2.06. The number of nitrogens with one attached hydrogen (secondary N) is 2. The van der Waals surface area contributed by atoms with Gasteiger partial charge < -0.3 is 15.4 Å². The van der Waals surface area contributed by atoms with Gasteiger partial charge in [0.15, 0.2) is 0 Å². The first-order valence-corrected chi connectivity index (χ1v) is 7.31. The van der Waals surface area contributed by atoms with Crippen molar-refractivity contribution in [3.8, 4) is 0 Å². The highest BCUT2D eigenvalue weighted by Gasteiger charge is 2.30. The SMILES string of the molecule is CCNc1ccc(C)cc1C(=O)NCC1(C)CCCO1. The largest absolute Gasteiger partial charge is 0.385 e. The fraction of sp³-hybridized carbons (Fsp3) is 0.562. The van der Waals surface area contributed by atoms with E-state index in [2.05, 4.69) is 17.6 Å². The Morgan fingerprint density at radius 1 is 1.45 bits per heavy atom. The van der Waals surface area contributed by atoms with Crippen LogP contribution >= 0.6 is 0 Å². The molecule has 4 heteroatoms. The maximum Gasteiger partial charge on any atom is 0.253 e. The summed E-state index contributed by atoms with van der Waals surface area (Å²) in [5.74, 6) is -0.0404. The summed E-state index contributed by atoms with van der Waals surface area (Å²) in [7, 11) is 0. The van der Waals surface area contributed by atoms with Crippen LogP contribution in [0.25, 0.3) is 0 Å². The maximum absolute atomic E-state index is 12.4. The lowest BCUT2D eigenvalue weighted by atomic mass is 10.0. The second-order valence-electron chi connectivity index (χ2n) is 5.66. The Bertz CT molecular complexity index is 479. The van der Waals surface area contributed by atoms with E-state index in [1.54, 1.807) is 0 Å². The second-order valence-corrected chi connectivity index (χ2v) is 5.66. The summed E-state index contributed by atoms with van der Waals surface area (Å²) >= 11 is 0. The smallest absolute Gasteiger partial charge is 0.253 e. The predicted octanol–water partition coefficient (Wildman–Crippen LogP) is 2.73. The zero-order valence-corrected chi connectivity index (χ0v) is 12.6. The van der Waals surface area contributed by atoms with Crippen LogP contribution in [0.1, 0.15) is 42.6 Å². The first kappa shape index (κ1) is 14.9. The minimum atomic E-state index is -0.210. The molecule has 0 aromatic heterocycles. The van der Waals surface area contributed by atoms with Gasteiger partial charge in [-0.2, -0.15) is 0 Å². The van der Waals surface area contributed by atoms with Crippen LogP contribution in [0.4, 0.5) is 5.69 Å². The molecule has 0 bridgehead atoms. The Kier molecular flexibility index (Phi) is 4.65. The number of rotatable bonds is 5. The van der Waals surface area contributed by atoms with E-state index in [-0.39, 0.29) is 11.5 Å². The van der Waals surface area contributed by atoms with Crippen molar-refractivity contribution in [1.82, 2.24) is 5.32 Å². The quantitative estimate of drug-likeness (QED) is 0.869. The fourth-order valence-corrected chi connectivity index (χ4v) is 2.53. The average molecular weight is 276 g/mol. The third-order valence-corrected chi connectivity index (χ3v) is 3.71. The lowest BCUT2D eigenvalue weighted by Gasteiger charge is -2.23. The van der Waals surface area contributed by atoms with Gasteiger partial charge in [0, 0.05) is 25.4 Å². The fourth-order valence-electron chi connectivity index (χ4n) is 2.53. The van der Waals surface area contributed by atoms with Gasteiger partial charge in [0.2, 0.25) is 0 Å². The van der Waals surface area contributed by atoms with E-state index >= 15 is 0 Å². The molecule has 20 heavy (non-hydrogen) atoms. The summed E-state index contributed by atoms with van der Waals surface area (Å²) in [4.78, 5) is 12.4. The monoisotopic (exact) mass is 276 g/mol. The molecular weight excluding hydrogens is 252 g/mol. The summed E-state index contributed by atoms with van der Waals surface area (Å²) < 4.78 is 5.70. The number of hydrogen-bond donors (Lipinski definition) is 2. The lowest BCUT2D eigenvalue weighted by Crippen LogP contribution is -2.40. The summed E-state index contributed by atoms with van der Waals surface area (Å²) in [6, 6.07) is 5.89. The molecule has 1 aromatic rings. The zero-order valence-electron chi connectivity index (χ0n) is 12.6. The molecule has 2 N–H and O–H groups in total. The zero-order chi connectivity index (χ0) is 14.6. The third kappa shape index (κ3) is 3.51. The van der Waals surface area contributed by atoms with Crippen molar-refractivity contribution in [2.75, 3.05) is 25.0 Å². The molecular formula is C16H24N2O2. The van der Waals surface area contributed by atoms with Crippen molar-refractivity contribution < 1.29 is 9.53 Å². The Hall–Kier alpha value is -1.55. The van der Waals surface area contributed by atoms with Crippen LogP contribution in [0.15, 0.2) is 18.2 Å². The molecule has 0 spiro atoms. The Morgan fingerprint density at radius 2 is 2.25 bits per heavy atom. The molecule has 1 aromatic carbocycles. The standard InChI is InChI=1S/C16H24N2O2/c1-4-17-14-7-6-12(2)10-13(14)15(19)18-11-16(3)8-5-9-20-16/h6-7,10,17H,4-5,8-9,11H2,1-3H3,(H,18,19). The molecule has 0 radical (unpaired) electrons. The molecule has 110 valence electrons. The van der Waals surface area contributed by atoms with Crippen LogP contribution in [-0.4, -0.2) is 31.2 Å². The first-order chi connectivity index (χ1) is 9.54.